The normalized spacial score (nSPS) is 34.5. The molecule has 0 amide bonds. The summed E-state index contributed by atoms with van der Waals surface area (Å²) in [5, 5.41) is 11.5. The van der Waals surface area contributed by atoms with Crippen molar-refractivity contribution < 1.29 is 5.11 Å². The molecule has 1 heterocycles. The van der Waals surface area contributed by atoms with E-state index in [1.54, 1.807) is 0 Å². The summed E-state index contributed by atoms with van der Waals surface area (Å²) in [5.41, 5.74) is 1.82. The van der Waals surface area contributed by atoms with Crippen LogP contribution in [0.3, 0.4) is 0 Å². The van der Waals surface area contributed by atoms with Gasteiger partial charge in [-0.2, -0.15) is 0 Å². The maximum Gasteiger partial charge on any atom is 0.0473 e. The smallest absolute Gasteiger partial charge is 0.0473 e. The molecule has 1 aliphatic rings. The van der Waals surface area contributed by atoms with Crippen LogP contribution in [0, 0.1) is 18.3 Å². The van der Waals surface area contributed by atoms with Crippen LogP contribution in [0.2, 0.25) is 0 Å². The maximum absolute atomic E-state index is 9.37. The highest BCUT2D eigenvalue weighted by Crippen LogP contribution is 2.70. The van der Waals surface area contributed by atoms with Gasteiger partial charge in [-0.1, -0.05) is 20.8 Å². The molecule has 1 aromatic heterocycles. The molecule has 78 valence electrons. The summed E-state index contributed by atoms with van der Waals surface area (Å²) in [5.74, 6) is 0.423. The Morgan fingerprint density at radius 1 is 1.43 bits per heavy atom. The molecule has 14 heavy (non-hydrogen) atoms. The third-order valence-corrected chi connectivity index (χ3v) is 5.59. The van der Waals surface area contributed by atoms with E-state index in [1.165, 1.54) is 10.4 Å². The Labute approximate surface area is 89.8 Å². The first-order chi connectivity index (χ1) is 6.46. The second-order valence-electron chi connectivity index (χ2n) is 5.09. The molecule has 1 nitrogen and oxygen atoms in total. The topological polar surface area (TPSA) is 20.2 Å². The molecule has 1 fully saturated rings. The molecule has 2 unspecified atom stereocenters. The molecule has 0 spiro atoms. The van der Waals surface area contributed by atoms with Gasteiger partial charge in [0.05, 0.1) is 0 Å². The second-order valence-corrected chi connectivity index (χ2v) is 6.01. The lowest BCUT2D eigenvalue weighted by molar-refractivity contribution is 0.254. The van der Waals surface area contributed by atoms with Gasteiger partial charge in [0.2, 0.25) is 0 Å². The highest BCUT2D eigenvalue weighted by Gasteiger charge is 2.68. The summed E-state index contributed by atoms with van der Waals surface area (Å²) in [6.45, 7) is 9.27. The molecule has 2 rings (SSSR count). The van der Waals surface area contributed by atoms with Crippen LogP contribution in [0.1, 0.15) is 31.2 Å². The Kier molecular flexibility index (Phi) is 2.06. The molecule has 1 N–H and O–H groups in total. The van der Waals surface area contributed by atoms with Crippen molar-refractivity contribution in [2.24, 2.45) is 11.3 Å². The Hall–Kier alpha value is -0.340. The Balaban J connectivity index is 2.42. The molecule has 0 aromatic carbocycles. The number of aliphatic hydroxyl groups excluding tert-OH is 1. The first kappa shape index (κ1) is 10.2. The summed E-state index contributed by atoms with van der Waals surface area (Å²) < 4.78 is 0. The molecule has 1 aliphatic carbocycles. The van der Waals surface area contributed by atoms with Crippen LogP contribution in [-0.2, 0) is 5.41 Å². The summed E-state index contributed by atoms with van der Waals surface area (Å²) in [6, 6.07) is 2.17. The fourth-order valence-corrected chi connectivity index (χ4v) is 4.18. The van der Waals surface area contributed by atoms with Gasteiger partial charge in [-0.3, -0.25) is 0 Å². The van der Waals surface area contributed by atoms with Crippen molar-refractivity contribution in [3.8, 4) is 0 Å². The molecule has 2 heteroatoms. The number of hydrogen-bond donors (Lipinski definition) is 1. The fourth-order valence-electron chi connectivity index (χ4n) is 2.87. The third kappa shape index (κ3) is 0.986. The lowest BCUT2D eigenvalue weighted by atomic mass is 9.94. The van der Waals surface area contributed by atoms with Crippen LogP contribution in [-0.4, -0.2) is 11.7 Å². The maximum atomic E-state index is 9.37. The van der Waals surface area contributed by atoms with E-state index in [0.29, 0.717) is 12.5 Å². The number of aryl methyl sites for hydroxylation is 1. The van der Waals surface area contributed by atoms with Crippen molar-refractivity contribution >= 4 is 11.3 Å². The van der Waals surface area contributed by atoms with Crippen molar-refractivity contribution in [1.82, 2.24) is 0 Å². The summed E-state index contributed by atoms with van der Waals surface area (Å²) in [4.78, 5) is 1.46. The Bertz CT molecular complexity index is 353. The van der Waals surface area contributed by atoms with Gasteiger partial charge in [0.15, 0.2) is 0 Å². The van der Waals surface area contributed by atoms with E-state index in [-0.39, 0.29) is 10.8 Å². The minimum atomic E-state index is 0.194. The standard InChI is InChI=1S/C12H18OS/c1-8-5-6-14-10(8)12(4)9(7-13)11(12,2)3/h5-6,9,13H,7H2,1-4H3. The van der Waals surface area contributed by atoms with Gasteiger partial charge in [0.1, 0.15) is 0 Å². The minimum absolute atomic E-state index is 0.194. The predicted octanol–water partition coefficient (Wildman–Crippen LogP) is 2.96. The van der Waals surface area contributed by atoms with Crippen molar-refractivity contribution in [1.29, 1.82) is 0 Å². The molecule has 1 saturated carbocycles. The van der Waals surface area contributed by atoms with Gasteiger partial charge in [0, 0.05) is 16.9 Å². The zero-order valence-corrected chi connectivity index (χ0v) is 10.1. The predicted molar refractivity (Wildman–Crippen MR) is 60.8 cm³/mol. The van der Waals surface area contributed by atoms with Crippen LogP contribution in [0.4, 0.5) is 0 Å². The van der Waals surface area contributed by atoms with E-state index in [0.717, 1.165) is 0 Å². The molecule has 1 aromatic rings. The van der Waals surface area contributed by atoms with E-state index in [9.17, 15) is 5.11 Å². The molecular weight excluding hydrogens is 192 g/mol. The van der Waals surface area contributed by atoms with Crippen molar-refractivity contribution in [2.45, 2.75) is 33.1 Å². The van der Waals surface area contributed by atoms with E-state index >= 15 is 0 Å². The quantitative estimate of drug-likeness (QED) is 0.795. The minimum Gasteiger partial charge on any atom is -0.396 e. The van der Waals surface area contributed by atoms with Crippen LogP contribution in [0.15, 0.2) is 11.4 Å². The van der Waals surface area contributed by atoms with Crippen molar-refractivity contribution in [2.75, 3.05) is 6.61 Å². The van der Waals surface area contributed by atoms with Gasteiger partial charge < -0.3 is 5.11 Å². The number of thiophene rings is 1. The summed E-state index contributed by atoms with van der Waals surface area (Å²) >= 11 is 1.83. The number of rotatable bonds is 2. The first-order valence-electron chi connectivity index (χ1n) is 5.11. The molecule has 0 saturated heterocycles. The molecule has 0 radical (unpaired) electrons. The number of aliphatic hydroxyl groups is 1. The average Bonchev–Trinajstić information content (AvgIpc) is 2.49. The largest absolute Gasteiger partial charge is 0.396 e. The van der Waals surface area contributed by atoms with Crippen molar-refractivity contribution in [3.05, 3.63) is 21.9 Å². The van der Waals surface area contributed by atoms with E-state index in [1.807, 2.05) is 11.3 Å². The molecule has 0 aliphatic heterocycles. The fraction of sp³-hybridized carbons (Fsp3) is 0.667. The first-order valence-corrected chi connectivity index (χ1v) is 5.99. The van der Waals surface area contributed by atoms with E-state index < -0.39 is 0 Å². The lowest BCUT2D eigenvalue weighted by Crippen LogP contribution is -2.09. The monoisotopic (exact) mass is 210 g/mol. The van der Waals surface area contributed by atoms with Gasteiger partial charge in [-0.15, -0.1) is 11.3 Å². The SMILES string of the molecule is Cc1ccsc1C1(C)C(CO)C1(C)C. The lowest BCUT2D eigenvalue weighted by Gasteiger charge is -2.13. The second kappa shape index (κ2) is 2.83. The number of hydrogen-bond acceptors (Lipinski definition) is 2. The molecular formula is C12H18OS. The highest BCUT2D eigenvalue weighted by atomic mass is 32.1. The van der Waals surface area contributed by atoms with Gasteiger partial charge in [-0.05, 0) is 35.3 Å². The average molecular weight is 210 g/mol. The summed E-state index contributed by atoms with van der Waals surface area (Å²) in [7, 11) is 0. The van der Waals surface area contributed by atoms with E-state index in [4.69, 9.17) is 0 Å². The van der Waals surface area contributed by atoms with Gasteiger partial charge in [-0.25, -0.2) is 0 Å². The Morgan fingerprint density at radius 3 is 2.43 bits per heavy atom. The summed E-state index contributed by atoms with van der Waals surface area (Å²) in [6.07, 6.45) is 0. The van der Waals surface area contributed by atoms with Gasteiger partial charge in [0.25, 0.3) is 0 Å². The molecule has 2 atom stereocenters. The van der Waals surface area contributed by atoms with Crippen LogP contribution in [0.5, 0.6) is 0 Å². The third-order valence-electron chi connectivity index (χ3n) is 4.34. The van der Waals surface area contributed by atoms with Crippen LogP contribution >= 0.6 is 11.3 Å². The van der Waals surface area contributed by atoms with E-state index in [2.05, 4.69) is 39.1 Å². The highest BCUT2D eigenvalue weighted by molar-refractivity contribution is 7.10. The van der Waals surface area contributed by atoms with Crippen LogP contribution in [0.25, 0.3) is 0 Å². The zero-order chi connectivity index (χ0) is 10.6. The zero-order valence-electron chi connectivity index (χ0n) is 9.29. The van der Waals surface area contributed by atoms with Crippen LogP contribution < -0.4 is 0 Å². The molecule has 0 bridgehead atoms. The Morgan fingerprint density at radius 2 is 2.07 bits per heavy atom. The van der Waals surface area contributed by atoms with Crippen molar-refractivity contribution in [3.63, 3.8) is 0 Å². The van der Waals surface area contributed by atoms with Gasteiger partial charge >= 0.3 is 0 Å².